The van der Waals surface area contributed by atoms with E-state index in [2.05, 4.69) is 19.2 Å². The highest BCUT2D eigenvalue weighted by atomic mass is 16.5. The van der Waals surface area contributed by atoms with Gasteiger partial charge in [-0.25, -0.2) is 0 Å². The quantitative estimate of drug-likeness (QED) is 0.888. The lowest BCUT2D eigenvalue weighted by molar-refractivity contribution is -0.119. The Morgan fingerprint density at radius 2 is 1.88 bits per heavy atom. The molecule has 0 fully saturated rings. The molecule has 5 nitrogen and oxygen atoms in total. The van der Waals surface area contributed by atoms with E-state index in [1.807, 2.05) is 23.1 Å². The number of ether oxygens (including phenoxy) is 1. The number of benzene rings is 2. The van der Waals surface area contributed by atoms with Gasteiger partial charge in [0.2, 0.25) is 5.91 Å². The number of fused-ring (bicyclic) bond motifs is 1. The fourth-order valence-electron chi connectivity index (χ4n) is 3.15. The van der Waals surface area contributed by atoms with Crippen molar-refractivity contribution in [3.05, 3.63) is 53.6 Å². The van der Waals surface area contributed by atoms with Crippen LogP contribution in [0, 0.1) is 5.92 Å². The van der Waals surface area contributed by atoms with Crippen molar-refractivity contribution in [1.29, 1.82) is 0 Å². The highest BCUT2D eigenvalue weighted by Gasteiger charge is 2.25. The zero-order valence-corrected chi connectivity index (χ0v) is 15.4. The molecule has 0 atom stereocenters. The Balaban J connectivity index is 1.78. The third-order valence-electron chi connectivity index (χ3n) is 4.44. The molecule has 1 aliphatic heterocycles. The molecule has 0 aromatic heterocycles. The molecule has 0 aliphatic carbocycles. The molecule has 3 rings (SSSR count). The molecular formula is C21H24N2O3. The minimum absolute atomic E-state index is 0.168. The Morgan fingerprint density at radius 1 is 1.15 bits per heavy atom. The number of hydrogen-bond donors (Lipinski definition) is 1. The van der Waals surface area contributed by atoms with Crippen molar-refractivity contribution < 1.29 is 14.3 Å². The van der Waals surface area contributed by atoms with E-state index < -0.39 is 0 Å². The third kappa shape index (κ3) is 3.87. The lowest BCUT2D eigenvalue weighted by Crippen LogP contribution is -2.37. The Labute approximate surface area is 154 Å². The first-order chi connectivity index (χ1) is 12.5. The number of rotatable bonds is 5. The number of methoxy groups -OCH3 is 1. The van der Waals surface area contributed by atoms with Crippen molar-refractivity contribution in [1.82, 2.24) is 0 Å². The summed E-state index contributed by atoms with van der Waals surface area (Å²) in [5.41, 5.74) is 3.36. The molecule has 2 aromatic rings. The molecule has 0 bridgehead atoms. The van der Waals surface area contributed by atoms with E-state index in [-0.39, 0.29) is 11.8 Å². The van der Waals surface area contributed by atoms with Gasteiger partial charge in [0.15, 0.2) is 0 Å². The number of aryl methyl sites for hydroxylation is 1. The van der Waals surface area contributed by atoms with Gasteiger partial charge in [-0.3, -0.25) is 9.59 Å². The van der Waals surface area contributed by atoms with E-state index in [0.717, 1.165) is 16.9 Å². The first-order valence-corrected chi connectivity index (χ1v) is 8.86. The van der Waals surface area contributed by atoms with Crippen LogP contribution in [0.15, 0.2) is 42.5 Å². The molecule has 1 N–H and O–H groups in total. The highest BCUT2D eigenvalue weighted by molar-refractivity contribution is 6.05. The summed E-state index contributed by atoms with van der Waals surface area (Å²) >= 11 is 0. The number of hydrogen-bond acceptors (Lipinski definition) is 3. The minimum atomic E-state index is -0.168. The van der Waals surface area contributed by atoms with Crippen LogP contribution >= 0.6 is 0 Å². The van der Waals surface area contributed by atoms with Gasteiger partial charge in [0.25, 0.3) is 5.91 Å². The van der Waals surface area contributed by atoms with Gasteiger partial charge in [0, 0.05) is 29.9 Å². The summed E-state index contributed by atoms with van der Waals surface area (Å²) in [4.78, 5) is 26.5. The molecule has 1 aliphatic rings. The zero-order chi connectivity index (χ0) is 18.7. The lowest BCUT2D eigenvalue weighted by atomic mass is 9.99. The maximum absolute atomic E-state index is 12.4. The summed E-state index contributed by atoms with van der Waals surface area (Å²) in [6.45, 7) is 4.92. The monoisotopic (exact) mass is 352 g/mol. The first kappa shape index (κ1) is 18.0. The zero-order valence-electron chi connectivity index (χ0n) is 15.4. The summed E-state index contributed by atoms with van der Waals surface area (Å²) in [6, 6.07) is 12.7. The maximum Gasteiger partial charge on any atom is 0.255 e. The van der Waals surface area contributed by atoms with Crippen molar-refractivity contribution in [3.8, 4) is 5.75 Å². The smallest absolute Gasteiger partial charge is 0.255 e. The summed E-state index contributed by atoms with van der Waals surface area (Å²) in [7, 11) is 1.59. The predicted octanol–water partition coefficient (Wildman–Crippen LogP) is 3.88. The van der Waals surface area contributed by atoms with Gasteiger partial charge in [-0.1, -0.05) is 13.8 Å². The fraction of sp³-hybridized carbons (Fsp3) is 0.333. The topological polar surface area (TPSA) is 58.6 Å². The highest BCUT2D eigenvalue weighted by Crippen LogP contribution is 2.31. The van der Waals surface area contributed by atoms with E-state index >= 15 is 0 Å². The van der Waals surface area contributed by atoms with E-state index in [1.54, 1.807) is 31.4 Å². The molecule has 1 heterocycles. The maximum atomic E-state index is 12.4. The SMILES string of the molecule is COc1ccc(C(=O)Nc2ccc3c(c2)CCC(=O)N3CC(C)C)cc1. The van der Waals surface area contributed by atoms with Gasteiger partial charge in [-0.05, 0) is 60.4 Å². The van der Waals surface area contributed by atoms with Gasteiger partial charge in [0.1, 0.15) is 5.75 Å². The van der Waals surface area contributed by atoms with Crippen molar-refractivity contribution in [3.63, 3.8) is 0 Å². The number of nitrogens with zero attached hydrogens (tertiary/aromatic N) is 1. The molecule has 0 saturated heterocycles. The van der Waals surface area contributed by atoms with Crippen molar-refractivity contribution in [2.24, 2.45) is 5.92 Å². The Bertz CT molecular complexity index is 813. The van der Waals surface area contributed by atoms with Crippen molar-refractivity contribution >= 4 is 23.2 Å². The molecule has 2 amide bonds. The van der Waals surface area contributed by atoms with Crippen LogP contribution in [0.2, 0.25) is 0 Å². The van der Waals surface area contributed by atoms with Crippen LogP contribution < -0.4 is 15.0 Å². The van der Waals surface area contributed by atoms with Crippen LogP contribution in [0.25, 0.3) is 0 Å². The van der Waals surface area contributed by atoms with E-state index in [0.29, 0.717) is 36.6 Å². The molecule has 5 heteroatoms. The average molecular weight is 352 g/mol. The predicted molar refractivity (Wildman–Crippen MR) is 103 cm³/mol. The minimum Gasteiger partial charge on any atom is -0.497 e. The normalized spacial score (nSPS) is 13.5. The molecule has 26 heavy (non-hydrogen) atoms. The van der Waals surface area contributed by atoms with E-state index in [4.69, 9.17) is 4.74 Å². The summed E-state index contributed by atoms with van der Waals surface area (Å²) < 4.78 is 5.11. The van der Waals surface area contributed by atoms with Crippen molar-refractivity contribution in [2.45, 2.75) is 26.7 Å². The Kier molecular flexibility index (Phi) is 5.26. The van der Waals surface area contributed by atoms with Crippen LogP contribution in [0.3, 0.4) is 0 Å². The molecular weight excluding hydrogens is 328 g/mol. The molecule has 0 spiro atoms. The van der Waals surface area contributed by atoms with Gasteiger partial charge in [-0.2, -0.15) is 0 Å². The van der Waals surface area contributed by atoms with Crippen LogP contribution in [-0.2, 0) is 11.2 Å². The summed E-state index contributed by atoms with van der Waals surface area (Å²) in [6.07, 6.45) is 1.21. The van der Waals surface area contributed by atoms with Crippen LogP contribution in [-0.4, -0.2) is 25.5 Å². The standard InChI is InChI=1S/C21H24N2O3/c1-14(2)13-23-19-10-7-17(12-16(19)6-11-20(23)24)22-21(25)15-4-8-18(26-3)9-5-15/h4-5,7-10,12,14H,6,11,13H2,1-3H3,(H,22,25). The summed E-state index contributed by atoms with van der Waals surface area (Å²) in [5.74, 6) is 1.12. The molecule has 2 aromatic carbocycles. The molecule has 136 valence electrons. The van der Waals surface area contributed by atoms with Gasteiger partial charge < -0.3 is 15.0 Å². The second-order valence-electron chi connectivity index (χ2n) is 6.92. The van der Waals surface area contributed by atoms with Gasteiger partial charge >= 0.3 is 0 Å². The molecule has 0 unspecified atom stereocenters. The van der Waals surface area contributed by atoms with Crippen LogP contribution in [0.5, 0.6) is 5.75 Å². The summed E-state index contributed by atoms with van der Waals surface area (Å²) in [5, 5.41) is 2.93. The largest absolute Gasteiger partial charge is 0.497 e. The first-order valence-electron chi connectivity index (χ1n) is 8.86. The Morgan fingerprint density at radius 3 is 2.54 bits per heavy atom. The van der Waals surface area contributed by atoms with Gasteiger partial charge in [0.05, 0.1) is 7.11 Å². The van der Waals surface area contributed by atoms with E-state index in [1.165, 1.54) is 0 Å². The number of carbonyl (C=O) groups excluding carboxylic acids is 2. The molecule has 0 radical (unpaired) electrons. The van der Waals surface area contributed by atoms with Crippen LogP contribution in [0.1, 0.15) is 36.2 Å². The van der Waals surface area contributed by atoms with Gasteiger partial charge in [-0.15, -0.1) is 0 Å². The van der Waals surface area contributed by atoms with Crippen molar-refractivity contribution in [2.75, 3.05) is 23.9 Å². The number of nitrogens with one attached hydrogen (secondary N) is 1. The average Bonchev–Trinajstić information content (AvgIpc) is 2.64. The third-order valence-corrected chi connectivity index (χ3v) is 4.44. The lowest BCUT2D eigenvalue weighted by Gasteiger charge is -2.31. The number of amides is 2. The Hall–Kier alpha value is -2.82. The van der Waals surface area contributed by atoms with E-state index in [9.17, 15) is 9.59 Å². The molecule has 0 saturated carbocycles. The second kappa shape index (κ2) is 7.60. The van der Waals surface area contributed by atoms with Crippen LogP contribution in [0.4, 0.5) is 11.4 Å². The second-order valence-corrected chi connectivity index (χ2v) is 6.92. The fourth-order valence-corrected chi connectivity index (χ4v) is 3.15. The number of anilines is 2. The number of carbonyl (C=O) groups is 2.